The molecule has 0 bridgehead atoms. The van der Waals surface area contributed by atoms with E-state index < -0.39 is 0 Å². The van der Waals surface area contributed by atoms with Crippen LogP contribution in [0.15, 0.2) is 24.3 Å². The first kappa shape index (κ1) is 10.2. The molecule has 0 aromatic heterocycles. The molecule has 1 heteroatoms. The van der Waals surface area contributed by atoms with Gasteiger partial charge < -0.3 is 0 Å². The van der Waals surface area contributed by atoms with Crippen LogP contribution in [0.4, 0.5) is 0 Å². The van der Waals surface area contributed by atoms with Crippen LogP contribution in [0.1, 0.15) is 37.8 Å². The minimum absolute atomic E-state index is 0.204. The van der Waals surface area contributed by atoms with Gasteiger partial charge in [-0.25, -0.2) is 0 Å². The summed E-state index contributed by atoms with van der Waals surface area (Å²) >= 11 is 0. The molecule has 0 saturated carbocycles. The van der Waals surface area contributed by atoms with E-state index in [4.69, 9.17) is 0 Å². The molecular weight excluding hydrogens is 182 g/mol. The minimum Gasteiger partial charge on any atom is -0.197 e. The number of fused-ring (bicyclic) bond motifs is 1. The smallest absolute Gasteiger partial charge is 0.0830 e. The summed E-state index contributed by atoms with van der Waals surface area (Å²) < 4.78 is 0. The molecule has 0 amide bonds. The Balaban J connectivity index is 2.42. The van der Waals surface area contributed by atoms with Gasteiger partial charge in [0.1, 0.15) is 0 Å². The molecular formula is C14H17N. The number of aryl methyl sites for hydroxylation is 1. The average Bonchev–Trinajstić information content (AvgIpc) is 2.58. The quantitative estimate of drug-likeness (QED) is 0.715. The first-order valence-corrected chi connectivity index (χ1v) is 5.67. The van der Waals surface area contributed by atoms with Crippen LogP contribution in [0, 0.1) is 17.2 Å². The minimum atomic E-state index is -0.204. The van der Waals surface area contributed by atoms with E-state index >= 15 is 0 Å². The molecule has 78 valence electrons. The van der Waals surface area contributed by atoms with Gasteiger partial charge in [-0.2, -0.15) is 5.26 Å². The maximum absolute atomic E-state index is 9.46. The second-order valence-electron chi connectivity index (χ2n) is 4.95. The summed E-state index contributed by atoms with van der Waals surface area (Å²) in [6.45, 7) is 4.39. The highest BCUT2D eigenvalue weighted by Crippen LogP contribution is 2.42. The van der Waals surface area contributed by atoms with Gasteiger partial charge in [-0.1, -0.05) is 38.1 Å². The van der Waals surface area contributed by atoms with E-state index in [1.54, 1.807) is 0 Å². The number of nitriles is 1. The summed E-state index contributed by atoms with van der Waals surface area (Å²) in [5, 5.41) is 9.46. The van der Waals surface area contributed by atoms with E-state index in [-0.39, 0.29) is 5.41 Å². The molecule has 2 rings (SSSR count). The van der Waals surface area contributed by atoms with E-state index in [9.17, 15) is 5.26 Å². The van der Waals surface area contributed by atoms with E-state index in [0.717, 1.165) is 19.3 Å². The fourth-order valence-corrected chi connectivity index (χ4v) is 2.76. The first-order chi connectivity index (χ1) is 7.18. The average molecular weight is 199 g/mol. The molecule has 0 fully saturated rings. The highest BCUT2D eigenvalue weighted by Gasteiger charge is 2.38. The second kappa shape index (κ2) is 3.70. The Morgan fingerprint density at radius 1 is 1.40 bits per heavy atom. The zero-order valence-electron chi connectivity index (χ0n) is 9.46. The maximum atomic E-state index is 9.46. The Hall–Kier alpha value is -1.29. The Labute approximate surface area is 91.7 Å². The van der Waals surface area contributed by atoms with Gasteiger partial charge in [-0.05, 0) is 36.3 Å². The Morgan fingerprint density at radius 2 is 2.13 bits per heavy atom. The van der Waals surface area contributed by atoms with Crippen molar-refractivity contribution in [2.24, 2.45) is 5.92 Å². The van der Waals surface area contributed by atoms with Crippen molar-refractivity contribution in [3.05, 3.63) is 35.4 Å². The van der Waals surface area contributed by atoms with Crippen LogP contribution in [-0.2, 0) is 11.8 Å². The van der Waals surface area contributed by atoms with Crippen molar-refractivity contribution in [3.63, 3.8) is 0 Å². The molecule has 0 heterocycles. The monoisotopic (exact) mass is 199 g/mol. The van der Waals surface area contributed by atoms with Crippen LogP contribution >= 0.6 is 0 Å². The fourth-order valence-electron chi connectivity index (χ4n) is 2.76. The van der Waals surface area contributed by atoms with Crippen LogP contribution in [0.2, 0.25) is 0 Å². The Bertz CT molecular complexity index is 400. The lowest BCUT2D eigenvalue weighted by Gasteiger charge is -2.24. The van der Waals surface area contributed by atoms with Gasteiger partial charge in [0.2, 0.25) is 0 Å². The largest absolute Gasteiger partial charge is 0.197 e. The van der Waals surface area contributed by atoms with Gasteiger partial charge in [-0.3, -0.25) is 0 Å². The van der Waals surface area contributed by atoms with Crippen LogP contribution in [0.3, 0.4) is 0 Å². The molecule has 1 aromatic carbocycles. The van der Waals surface area contributed by atoms with Crippen molar-refractivity contribution in [3.8, 4) is 6.07 Å². The topological polar surface area (TPSA) is 23.8 Å². The molecule has 1 nitrogen and oxygen atoms in total. The summed E-state index contributed by atoms with van der Waals surface area (Å²) in [7, 11) is 0. The summed E-state index contributed by atoms with van der Waals surface area (Å²) in [5.41, 5.74) is 2.45. The van der Waals surface area contributed by atoms with E-state index in [2.05, 4.69) is 44.2 Å². The van der Waals surface area contributed by atoms with Gasteiger partial charge in [0.05, 0.1) is 11.5 Å². The normalized spacial score (nSPS) is 23.9. The van der Waals surface area contributed by atoms with Gasteiger partial charge >= 0.3 is 0 Å². The van der Waals surface area contributed by atoms with E-state index in [1.165, 1.54) is 11.1 Å². The third-order valence-corrected chi connectivity index (χ3v) is 3.32. The van der Waals surface area contributed by atoms with Crippen molar-refractivity contribution in [1.82, 2.24) is 0 Å². The lowest BCUT2D eigenvalue weighted by atomic mass is 9.77. The zero-order chi connectivity index (χ0) is 10.9. The van der Waals surface area contributed by atoms with Crippen LogP contribution in [0.5, 0.6) is 0 Å². The molecule has 0 spiro atoms. The highest BCUT2D eigenvalue weighted by atomic mass is 14.4. The Kier molecular flexibility index (Phi) is 2.52. The van der Waals surface area contributed by atoms with Crippen molar-refractivity contribution < 1.29 is 0 Å². The van der Waals surface area contributed by atoms with E-state index in [0.29, 0.717) is 5.92 Å². The number of nitrogens with zero attached hydrogens (tertiary/aromatic N) is 1. The van der Waals surface area contributed by atoms with Crippen molar-refractivity contribution >= 4 is 0 Å². The van der Waals surface area contributed by atoms with Gasteiger partial charge in [-0.15, -0.1) is 0 Å². The molecule has 15 heavy (non-hydrogen) atoms. The molecule has 0 N–H and O–H groups in total. The van der Waals surface area contributed by atoms with Crippen LogP contribution in [0.25, 0.3) is 0 Å². The summed E-state index contributed by atoms with van der Waals surface area (Å²) in [5.74, 6) is 0.579. The molecule has 1 unspecified atom stereocenters. The lowest BCUT2D eigenvalue weighted by Crippen LogP contribution is -2.22. The van der Waals surface area contributed by atoms with Crippen LogP contribution in [-0.4, -0.2) is 0 Å². The van der Waals surface area contributed by atoms with Crippen LogP contribution < -0.4 is 0 Å². The highest BCUT2D eigenvalue weighted by molar-refractivity contribution is 5.44. The van der Waals surface area contributed by atoms with Crippen molar-refractivity contribution in [2.45, 2.75) is 38.5 Å². The molecule has 1 aliphatic rings. The lowest BCUT2D eigenvalue weighted by molar-refractivity contribution is 0.417. The predicted octanol–water partition coefficient (Wildman–Crippen LogP) is 3.44. The predicted molar refractivity (Wildman–Crippen MR) is 61.5 cm³/mol. The molecule has 0 aliphatic heterocycles. The summed E-state index contributed by atoms with van der Waals surface area (Å²) in [6, 6.07) is 11.0. The molecule has 1 atom stereocenters. The molecule has 0 saturated heterocycles. The van der Waals surface area contributed by atoms with Gasteiger partial charge in [0, 0.05) is 0 Å². The second-order valence-corrected chi connectivity index (χ2v) is 4.95. The fraction of sp³-hybridized carbons (Fsp3) is 0.500. The maximum Gasteiger partial charge on any atom is 0.0830 e. The first-order valence-electron chi connectivity index (χ1n) is 5.67. The number of hydrogen-bond acceptors (Lipinski definition) is 1. The van der Waals surface area contributed by atoms with Crippen molar-refractivity contribution in [1.29, 1.82) is 5.26 Å². The molecule has 0 radical (unpaired) electrons. The third kappa shape index (κ3) is 1.65. The zero-order valence-corrected chi connectivity index (χ0v) is 9.46. The van der Waals surface area contributed by atoms with Gasteiger partial charge in [0.25, 0.3) is 0 Å². The number of benzene rings is 1. The summed E-state index contributed by atoms with van der Waals surface area (Å²) in [4.78, 5) is 0. The molecule has 1 aliphatic carbocycles. The third-order valence-electron chi connectivity index (χ3n) is 3.32. The molecule has 1 aromatic rings. The summed E-state index contributed by atoms with van der Waals surface area (Å²) in [6.07, 6.45) is 3.05. The van der Waals surface area contributed by atoms with Gasteiger partial charge in [0.15, 0.2) is 0 Å². The van der Waals surface area contributed by atoms with E-state index in [1.807, 2.05) is 0 Å². The van der Waals surface area contributed by atoms with Crippen molar-refractivity contribution in [2.75, 3.05) is 0 Å². The number of hydrogen-bond donors (Lipinski definition) is 0. The number of rotatable bonds is 2. The Morgan fingerprint density at radius 3 is 2.80 bits per heavy atom. The standard InChI is InChI=1S/C14H17N/c1-11(2)9-14(10-15)8-7-12-5-3-4-6-13(12)14/h3-6,11H,7-9H2,1-2H3. The SMILES string of the molecule is CC(C)CC1(C#N)CCc2ccccc21.